The van der Waals surface area contributed by atoms with Gasteiger partial charge in [-0.15, -0.1) is 0 Å². The molecule has 2 heteroatoms. The molecular weight excluding hydrogens is 713 g/mol. The summed E-state index contributed by atoms with van der Waals surface area (Å²) in [5.41, 5.74) is 19.4. The Balaban J connectivity index is 1.10. The Kier molecular flexibility index (Phi) is 8.20. The summed E-state index contributed by atoms with van der Waals surface area (Å²) in [6, 6.07) is 79.9. The molecule has 1 aliphatic carbocycles. The summed E-state index contributed by atoms with van der Waals surface area (Å²) in [7, 11) is 0. The molecule has 0 amide bonds. The van der Waals surface area contributed by atoms with Crippen molar-refractivity contribution in [1.29, 1.82) is 0 Å². The molecule has 1 aliphatic rings. The van der Waals surface area contributed by atoms with Gasteiger partial charge in [0.2, 0.25) is 0 Å². The Hall–Kier alpha value is -7.42. The molecule has 0 N–H and O–H groups in total. The van der Waals surface area contributed by atoms with Gasteiger partial charge in [0.05, 0.1) is 11.0 Å². The lowest BCUT2D eigenvalue weighted by Crippen LogP contribution is -2.14. The highest BCUT2D eigenvalue weighted by Gasteiger charge is 2.35. The van der Waals surface area contributed by atoms with Crippen LogP contribution in [0.2, 0.25) is 0 Å². The molecule has 280 valence electrons. The van der Waals surface area contributed by atoms with Crippen LogP contribution < -0.4 is 4.90 Å². The molecule has 0 unspecified atom stereocenters. The van der Waals surface area contributed by atoms with Gasteiger partial charge in [0.25, 0.3) is 0 Å². The highest BCUT2D eigenvalue weighted by atomic mass is 15.1. The zero-order chi connectivity index (χ0) is 39.5. The van der Waals surface area contributed by atoms with Crippen molar-refractivity contribution in [1.82, 2.24) is 4.57 Å². The zero-order valence-electron chi connectivity index (χ0n) is 33.2. The van der Waals surface area contributed by atoms with Crippen LogP contribution in [-0.4, -0.2) is 4.57 Å². The van der Waals surface area contributed by atoms with Crippen molar-refractivity contribution in [2.75, 3.05) is 4.90 Å². The molecule has 11 rings (SSSR count). The summed E-state index contributed by atoms with van der Waals surface area (Å²) < 4.78 is 2.38. The number of fused-ring (bicyclic) bond motifs is 6. The van der Waals surface area contributed by atoms with Crippen LogP contribution in [0.5, 0.6) is 0 Å². The molecule has 1 heterocycles. The number of nitrogens with zero attached hydrogens (tertiary/aromatic N) is 2. The van der Waals surface area contributed by atoms with Crippen LogP contribution in [0.1, 0.15) is 25.0 Å². The van der Waals surface area contributed by atoms with Gasteiger partial charge < -0.3 is 9.47 Å². The minimum Gasteiger partial charge on any atom is -0.310 e. The maximum atomic E-state index is 2.43. The van der Waals surface area contributed by atoms with Crippen LogP contribution >= 0.6 is 0 Å². The average Bonchev–Trinajstić information content (AvgIpc) is 3.75. The predicted octanol–water partition coefficient (Wildman–Crippen LogP) is 15.6. The first-order valence-electron chi connectivity index (χ1n) is 20.5. The van der Waals surface area contributed by atoms with Gasteiger partial charge in [0.15, 0.2) is 0 Å². The molecule has 59 heavy (non-hydrogen) atoms. The number of hydrogen-bond acceptors (Lipinski definition) is 1. The fourth-order valence-corrected chi connectivity index (χ4v) is 9.44. The Morgan fingerprint density at radius 3 is 1.59 bits per heavy atom. The van der Waals surface area contributed by atoms with Gasteiger partial charge in [0, 0.05) is 38.9 Å². The summed E-state index contributed by atoms with van der Waals surface area (Å²) >= 11 is 0. The number of para-hydroxylation sites is 2. The van der Waals surface area contributed by atoms with Crippen molar-refractivity contribution >= 4 is 38.9 Å². The van der Waals surface area contributed by atoms with E-state index in [-0.39, 0.29) is 5.41 Å². The summed E-state index contributed by atoms with van der Waals surface area (Å²) in [6.07, 6.45) is 0. The molecule has 9 aromatic carbocycles. The first kappa shape index (κ1) is 34.8. The van der Waals surface area contributed by atoms with E-state index in [0.717, 1.165) is 22.7 Å². The maximum absolute atomic E-state index is 2.43. The van der Waals surface area contributed by atoms with Gasteiger partial charge in [-0.05, 0) is 128 Å². The van der Waals surface area contributed by atoms with Crippen LogP contribution in [0, 0.1) is 0 Å². The van der Waals surface area contributed by atoms with Crippen molar-refractivity contribution in [3.8, 4) is 50.2 Å². The van der Waals surface area contributed by atoms with E-state index in [1.165, 1.54) is 77.4 Å². The number of benzene rings is 9. The van der Waals surface area contributed by atoms with E-state index in [2.05, 4.69) is 242 Å². The molecule has 1 aromatic heterocycles. The van der Waals surface area contributed by atoms with Crippen molar-refractivity contribution in [3.63, 3.8) is 0 Å². The molecule has 0 atom stereocenters. The molecule has 2 nitrogen and oxygen atoms in total. The molecule has 0 spiro atoms. The lowest BCUT2D eigenvalue weighted by atomic mass is 9.82. The standard InChI is InChI=1S/C57H42N2/c1-57(2)53-24-14-12-22-49(53)51-37-42(28-32-54(51)57)41-26-29-46(30-27-41)58(48-35-43(39-16-6-3-7-17-39)34-44(36-48)40-18-8-4-9-19-40)47-31-33-56-52(38-47)50-23-13-15-25-55(50)59(56)45-20-10-5-11-21-45/h3-38H,1-2H3. The maximum Gasteiger partial charge on any atom is 0.0542 e. The molecule has 0 aliphatic heterocycles. The van der Waals surface area contributed by atoms with E-state index in [1.54, 1.807) is 0 Å². The van der Waals surface area contributed by atoms with Gasteiger partial charge in [-0.2, -0.15) is 0 Å². The fourth-order valence-electron chi connectivity index (χ4n) is 9.44. The minimum atomic E-state index is -0.0177. The van der Waals surface area contributed by atoms with Crippen LogP contribution in [0.15, 0.2) is 218 Å². The quantitative estimate of drug-likeness (QED) is 0.157. The third-order valence-corrected chi connectivity index (χ3v) is 12.4. The molecule has 0 fully saturated rings. The number of hydrogen-bond donors (Lipinski definition) is 0. The molecule has 10 aromatic rings. The zero-order valence-corrected chi connectivity index (χ0v) is 33.2. The molecule has 0 bridgehead atoms. The largest absolute Gasteiger partial charge is 0.310 e. The predicted molar refractivity (Wildman–Crippen MR) is 249 cm³/mol. The smallest absolute Gasteiger partial charge is 0.0542 e. The molecule has 0 saturated carbocycles. The Labute approximate surface area is 345 Å². The highest BCUT2D eigenvalue weighted by molar-refractivity contribution is 6.10. The average molecular weight is 755 g/mol. The monoisotopic (exact) mass is 754 g/mol. The summed E-state index contributed by atoms with van der Waals surface area (Å²) in [6.45, 7) is 4.68. The highest BCUT2D eigenvalue weighted by Crippen LogP contribution is 2.50. The normalized spacial score (nSPS) is 12.7. The topological polar surface area (TPSA) is 8.17 Å². The third-order valence-electron chi connectivity index (χ3n) is 12.4. The van der Waals surface area contributed by atoms with Crippen LogP contribution in [0.4, 0.5) is 17.1 Å². The summed E-state index contributed by atoms with van der Waals surface area (Å²) in [5, 5.41) is 2.44. The van der Waals surface area contributed by atoms with Crippen LogP contribution in [-0.2, 0) is 5.41 Å². The van der Waals surface area contributed by atoms with Crippen molar-refractivity contribution in [2.45, 2.75) is 19.3 Å². The molecular formula is C57H42N2. The lowest BCUT2D eigenvalue weighted by Gasteiger charge is -2.27. The number of aromatic nitrogens is 1. The Morgan fingerprint density at radius 1 is 0.339 bits per heavy atom. The number of anilines is 3. The Bertz CT molecular complexity index is 3100. The minimum absolute atomic E-state index is 0.0177. The lowest BCUT2D eigenvalue weighted by molar-refractivity contribution is 0.660. The third kappa shape index (κ3) is 5.87. The Morgan fingerprint density at radius 2 is 0.881 bits per heavy atom. The second-order valence-corrected chi connectivity index (χ2v) is 16.2. The summed E-state index contributed by atoms with van der Waals surface area (Å²) in [5.74, 6) is 0. The van der Waals surface area contributed by atoms with Gasteiger partial charge in [-0.3, -0.25) is 0 Å². The SMILES string of the molecule is CC1(C)c2ccccc2-c2cc(-c3ccc(N(c4cc(-c5ccccc5)cc(-c5ccccc5)c4)c4ccc5c(c4)c4ccccc4n5-c4ccccc4)cc3)ccc21. The second kappa shape index (κ2) is 13.9. The van der Waals surface area contributed by atoms with E-state index in [9.17, 15) is 0 Å². The first-order chi connectivity index (χ1) is 29.0. The van der Waals surface area contributed by atoms with Crippen LogP contribution in [0.3, 0.4) is 0 Å². The van der Waals surface area contributed by atoms with Crippen molar-refractivity contribution < 1.29 is 0 Å². The first-order valence-corrected chi connectivity index (χ1v) is 20.5. The molecule has 0 saturated heterocycles. The van der Waals surface area contributed by atoms with Gasteiger partial charge in [0.1, 0.15) is 0 Å². The fraction of sp³-hybridized carbons (Fsp3) is 0.0526. The second-order valence-electron chi connectivity index (χ2n) is 16.2. The van der Waals surface area contributed by atoms with Crippen molar-refractivity contribution in [3.05, 3.63) is 230 Å². The van der Waals surface area contributed by atoms with E-state index in [1.807, 2.05) is 0 Å². The van der Waals surface area contributed by atoms with Gasteiger partial charge in [-0.25, -0.2) is 0 Å². The van der Waals surface area contributed by atoms with Gasteiger partial charge in [-0.1, -0.05) is 159 Å². The summed E-state index contributed by atoms with van der Waals surface area (Å²) in [4.78, 5) is 2.43. The van der Waals surface area contributed by atoms with Gasteiger partial charge >= 0.3 is 0 Å². The number of rotatable bonds is 7. The van der Waals surface area contributed by atoms with Crippen molar-refractivity contribution in [2.24, 2.45) is 0 Å². The van der Waals surface area contributed by atoms with Crippen LogP contribution in [0.25, 0.3) is 72.0 Å². The van der Waals surface area contributed by atoms with E-state index >= 15 is 0 Å². The van der Waals surface area contributed by atoms with E-state index in [4.69, 9.17) is 0 Å². The molecule has 0 radical (unpaired) electrons. The van der Waals surface area contributed by atoms with E-state index in [0.29, 0.717) is 0 Å². The van der Waals surface area contributed by atoms with E-state index < -0.39 is 0 Å².